The first-order chi connectivity index (χ1) is 21.0. The number of ether oxygens (including phenoxy) is 2. The molecule has 6 rings (SSSR count). The molecular weight excluding hydrogens is 590 g/mol. The summed E-state index contributed by atoms with van der Waals surface area (Å²) in [7, 11) is -3.52. The minimum Gasteiger partial charge on any atom is -0.454 e. The number of rotatable bonds is 8. The average Bonchev–Trinajstić information content (AvgIpc) is 3.57. The van der Waals surface area contributed by atoms with Crippen molar-refractivity contribution in [3.05, 3.63) is 105 Å². The maximum Gasteiger partial charge on any atom is 0.218 e. The van der Waals surface area contributed by atoms with Crippen LogP contribution in [0.3, 0.4) is 0 Å². The molecule has 0 amide bonds. The van der Waals surface area contributed by atoms with Crippen LogP contribution in [0.4, 0.5) is 14.6 Å². The van der Waals surface area contributed by atoms with Crippen LogP contribution in [0.15, 0.2) is 60.3 Å². The zero-order valence-electron chi connectivity index (χ0n) is 24.1. The lowest BCUT2D eigenvalue weighted by Crippen LogP contribution is -2.41. The molecule has 1 saturated heterocycles. The van der Waals surface area contributed by atoms with Crippen molar-refractivity contribution in [2.75, 3.05) is 32.0 Å². The molecule has 3 aromatic carbocycles. The van der Waals surface area contributed by atoms with Gasteiger partial charge in [0.1, 0.15) is 17.3 Å². The highest BCUT2D eigenvalue weighted by Crippen LogP contribution is 2.34. The highest BCUT2D eigenvalue weighted by Gasteiger charge is 2.28. The maximum absolute atomic E-state index is 15.3. The Morgan fingerprint density at radius 3 is 2.52 bits per heavy atom. The van der Waals surface area contributed by atoms with Crippen LogP contribution < -0.4 is 10.5 Å². The summed E-state index contributed by atoms with van der Waals surface area (Å²) in [4.78, 5) is 13.6. The second-order valence-corrected chi connectivity index (χ2v) is 12.8. The van der Waals surface area contributed by atoms with Crippen LogP contribution in [0.5, 0.6) is 11.5 Å². The number of anilines is 1. The number of aromatic nitrogens is 2. The van der Waals surface area contributed by atoms with Crippen molar-refractivity contribution >= 4 is 27.7 Å². The van der Waals surface area contributed by atoms with Crippen molar-refractivity contribution < 1.29 is 31.5 Å². The molecule has 0 atom stereocenters. The highest BCUT2D eigenvalue weighted by atomic mass is 32.2. The molecular formula is C32H30F2N4O5S. The quantitative estimate of drug-likeness (QED) is 0.272. The normalized spacial score (nSPS) is 15.2. The number of para-hydroxylation sites is 1. The number of carbonyl (C=O) groups is 1. The molecule has 2 heterocycles. The largest absolute Gasteiger partial charge is 0.454 e. The van der Waals surface area contributed by atoms with Crippen LogP contribution in [0.25, 0.3) is 11.8 Å². The molecule has 1 aromatic heterocycles. The Labute approximate surface area is 253 Å². The molecule has 0 spiro atoms. The van der Waals surface area contributed by atoms with E-state index >= 15 is 4.39 Å². The van der Waals surface area contributed by atoms with Crippen LogP contribution >= 0.6 is 0 Å². The van der Waals surface area contributed by atoms with Crippen molar-refractivity contribution in [3.63, 3.8) is 0 Å². The van der Waals surface area contributed by atoms with Crippen molar-refractivity contribution in [2.45, 2.75) is 26.0 Å². The summed E-state index contributed by atoms with van der Waals surface area (Å²) in [6.07, 6.45) is 3.36. The lowest BCUT2D eigenvalue weighted by atomic mass is 10.0. The van der Waals surface area contributed by atoms with E-state index in [4.69, 9.17) is 15.2 Å². The van der Waals surface area contributed by atoms with Gasteiger partial charge in [-0.15, -0.1) is 0 Å². The first-order valence-corrected chi connectivity index (χ1v) is 15.6. The van der Waals surface area contributed by atoms with Gasteiger partial charge in [-0.3, -0.25) is 4.79 Å². The number of carbonyl (C=O) groups excluding carboxylic acids is 1. The number of nitrogens with two attached hydrogens (primary N) is 1. The highest BCUT2D eigenvalue weighted by molar-refractivity contribution is 7.88. The number of morpholine rings is 1. The molecule has 9 nitrogen and oxygen atoms in total. The summed E-state index contributed by atoms with van der Waals surface area (Å²) in [6.45, 7) is 4.89. The van der Waals surface area contributed by atoms with Gasteiger partial charge >= 0.3 is 0 Å². The fourth-order valence-electron chi connectivity index (χ4n) is 5.54. The number of benzene rings is 3. The molecule has 0 unspecified atom stereocenters. The predicted octanol–water partition coefficient (Wildman–Crippen LogP) is 5.13. The summed E-state index contributed by atoms with van der Waals surface area (Å²) in [5.74, 6) is -1.78. The summed E-state index contributed by atoms with van der Waals surface area (Å²) in [6, 6.07) is 12.2. The first kappa shape index (κ1) is 29.7. The summed E-state index contributed by atoms with van der Waals surface area (Å²) in [5.41, 5.74) is 10.5. The van der Waals surface area contributed by atoms with E-state index in [-0.39, 0.29) is 40.1 Å². The third kappa shape index (κ3) is 5.63. The second kappa shape index (κ2) is 11.6. The molecule has 4 aromatic rings. The molecule has 1 aliphatic heterocycles. The van der Waals surface area contributed by atoms with Crippen LogP contribution in [0.1, 0.15) is 38.2 Å². The van der Waals surface area contributed by atoms with E-state index in [0.717, 1.165) is 27.4 Å². The van der Waals surface area contributed by atoms with Gasteiger partial charge in [-0.2, -0.15) is 9.40 Å². The molecule has 0 saturated carbocycles. The van der Waals surface area contributed by atoms with E-state index in [1.165, 1.54) is 34.8 Å². The third-order valence-electron chi connectivity index (χ3n) is 7.86. The zero-order chi connectivity index (χ0) is 31.2. The lowest BCUT2D eigenvalue weighted by Gasteiger charge is -2.26. The summed E-state index contributed by atoms with van der Waals surface area (Å²) >= 11 is 0. The molecule has 2 aliphatic rings. The monoisotopic (exact) mass is 620 g/mol. The minimum absolute atomic E-state index is 0.0351. The maximum atomic E-state index is 15.3. The SMILES string of the molecule is Cc1cc2c(cc1CS(=O)(=O)N1CCOCC1)CC(C(=O)c1cnn(-c3c(C)cc(Oc4ccccc4F)cc3F)c1N)=C2. The van der Waals surface area contributed by atoms with Crippen LogP contribution in [-0.2, 0) is 26.9 Å². The number of aryl methyl sites for hydroxylation is 2. The minimum atomic E-state index is -3.52. The van der Waals surface area contributed by atoms with Gasteiger partial charge < -0.3 is 15.2 Å². The van der Waals surface area contributed by atoms with Gasteiger partial charge in [0.2, 0.25) is 10.0 Å². The Morgan fingerprint density at radius 1 is 1.05 bits per heavy atom. The zero-order valence-corrected chi connectivity index (χ0v) is 25.0. The van der Waals surface area contributed by atoms with E-state index in [0.29, 0.717) is 49.4 Å². The van der Waals surface area contributed by atoms with Crippen molar-refractivity contribution in [3.8, 4) is 17.2 Å². The second-order valence-electron chi connectivity index (χ2n) is 10.9. The molecule has 2 N–H and O–H groups in total. The van der Waals surface area contributed by atoms with Gasteiger partial charge in [-0.25, -0.2) is 21.9 Å². The van der Waals surface area contributed by atoms with Crippen LogP contribution in [-0.4, -0.2) is 54.6 Å². The molecule has 1 aliphatic carbocycles. The van der Waals surface area contributed by atoms with E-state index < -0.39 is 21.7 Å². The molecule has 12 heteroatoms. The predicted molar refractivity (Wildman–Crippen MR) is 161 cm³/mol. The van der Waals surface area contributed by atoms with E-state index in [1.807, 2.05) is 19.1 Å². The Balaban J connectivity index is 1.21. The van der Waals surface area contributed by atoms with Crippen LogP contribution in [0, 0.1) is 25.5 Å². The number of fused-ring (bicyclic) bond motifs is 1. The number of nitrogen functional groups attached to an aromatic ring is 1. The Kier molecular flexibility index (Phi) is 7.82. The number of nitrogens with zero attached hydrogens (tertiary/aromatic N) is 3. The Morgan fingerprint density at radius 2 is 1.80 bits per heavy atom. The van der Waals surface area contributed by atoms with E-state index in [2.05, 4.69) is 5.10 Å². The first-order valence-electron chi connectivity index (χ1n) is 14.0. The van der Waals surface area contributed by atoms with E-state index in [1.54, 1.807) is 19.1 Å². The number of hydrogen-bond acceptors (Lipinski definition) is 7. The fraction of sp³-hybridized carbons (Fsp3) is 0.250. The Bertz CT molecular complexity index is 1910. The van der Waals surface area contributed by atoms with Crippen molar-refractivity contribution in [2.24, 2.45) is 0 Å². The fourth-order valence-corrected chi connectivity index (χ4v) is 7.13. The average molecular weight is 621 g/mol. The standard InChI is InChI=1S/C32H30F2N4O5S/c1-19-11-21-13-23(14-22(21)15-24(19)18-44(40,41)37-7-9-42-10-8-37)31(39)26-17-36-38(32(26)35)30-20(2)12-25(16-28(30)34)43-29-6-4-3-5-27(29)33/h3-6,11-13,15-17H,7-10,14,18,35H2,1-2H3. The number of sulfonamides is 1. The summed E-state index contributed by atoms with van der Waals surface area (Å²) < 4.78 is 68.8. The van der Waals surface area contributed by atoms with E-state index in [9.17, 15) is 17.6 Å². The van der Waals surface area contributed by atoms with Crippen LogP contribution in [0.2, 0.25) is 0 Å². The van der Waals surface area contributed by atoms with Gasteiger partial charge in [-0.1, -0.05) is 24.3 Å². The van der Waals surface area contributed by atoms with Gasteiger partial charge in [0.15, 0.2) is 23.2 Å². The smallest absolute Gasteiger partial charge is 0.218 e. The Hall–Kier alpha value is -4.39. The molecule has 228 valence electrons. The van der Waals surface area contributed by atoms with Crippen molar-refractivity contribution in [1.29, 1.82) is 0 Å². The number of halogens is 2. The van der Waals surface area contributed by atoms with Gasteiger partial charge in [0, 0.05) is 31.1 Å². The number of hydrogen-bond donors (Lipinski definition) is 1. The molecule has 0 radical (unpaired) electrons. The third-order valence-corrected chi connectivity index (χ3v) is 9.68. The molecule has 0 bridgehead atoms. The number of ketones is 1. The molecule has 1 fully saturated rings. The van der Waals surface area contributed by atoms with Gasteiger partial charge in [0.25, 0.3) is 0 Å². The lowest BCUT2D eigenvalue weighted by molar-refractivity contribution is 0.0729. The number of allylic oxidation sites excluding steroid dienone is 1. The molecule has 44 heavy (non-hydrogen) atoms. The number of Topliss-reactive ketones (excluding diaryl/α,β-unsaturated/α-hetero) is 1. The topological polar surface area (TPSA) is 117 Å². The van der Waals surface area contributed by atoms with Gasteiger partial charge in [0.05, 0.1) is 30.7 Å². The van der Waals surface area contributed by atoms with Crippen molar-refractivity contribution in [1.82, 2.24) is 14.1 Å². The van der Waals surface area contributed by atoms with Gasteiger partial charge in [-0.05, 0) is 65.9 Å². The summed E-state index contributed by atoms with van der Waals surface area (Å²) in [5, 5.41) is 4.21.